The Bertz CT molecular complexity index is 1130. The maximum Gasteiger partial charge on any atom is 0.166 e. The molecule has 2 aliphatic rings. The summed E-state index contributed by atoms with van der Waals surface area (Å²) in [5.41, 5.74) is 9.30. The van der Waals surface area contributed by atoms with E-state index < -0.39 is 5.82 Å². The number of likely N-dealkylation sites (N-methyl/N-ethyl adjacent to an activating group) is 1. The van der Waals surface area contributed by atoms with Crippen LogP contribution in [0.3, 0.4) is 0 Å². The molecule has 1 atom stereocenters. The second-order valence-corrected chi connectivity index (χ2v) is 9.81. The fourth-order valence-corrected chi connectivity index (χ4v) is 5.43. The molecule has 0 fully saturated rings. The van der Waals surface area contributed by atoms with E-state index in [2.05, 4.69) is 31.4 Å². The van der Waals surface area contributed by atoms with Crippen LogP contribution in [0.25, 0.3) is 5.70 Å². The molecule has 4 rings (SSSR count). The van der Waals surface area contributed by atoms with Gasteiger partial charge in [-0.05, 0) is 65.4 Å². The predicted octanol–water partition coefficient (Wildman–Crippen LogP) is 4.74. The topological polar surface area (TPSA) is 74.9 Å². The van der Waals surface area contributed by atoms with E-state index in [1.807, 2.05) is 36.2 Å². The zero-order valence-corrected chi connectivity index (χ0v) is 20.6. The third-order valence-electron chi connectivity index (χ3n) is 4.91. The highest BCUT2D eigenvalue weighted by Gasteiger charge is 2.24. The molecule has 33 heavy (non-hydrogen) atoms. The SMILES string of the molecule is CN=C(C=CN)C1=C(Oc2ccc(SNC3NC=CS3)cc2F)CN(C)C(c2ccsc2)=C1. The summed E-state index contributed by atoms with van der Waals surface area (Å²) < 4.78 is 24.3. The van der Waals surface area contributed by atoms with Crippen molar-refractivity contribution in [3.05, 3.63) is 87.7 Å². The van der Waals surface area contributed by atoms with E-state index >= 15 is 0 Å². The third kappa shape index (κ3) is 5.64. The second kappa shape index (κ2) is 11.0. The van der Waals surface area contributed by atoms with Gasteiger partial charge in [0.2, 0.25) is 0 Å². The molecular weight excluding hydrogens is 477 g/mol. The number of rotatable bonds is 8. The quantitative estimate of drug-likeness (QED) is 0.356. The van der Waals surface area contributed by atoms with E-state index in [1.165, 1.54) is 24.2 Å². The van der Waals surface area contributed by atoms with Gasteiger partial charge in [0.05, 0.1) is 12.3 Å². The zero-order valence-electron chi connectivity index (χ0n) is 18.1. The van der Waals surface area contributed by atoms with Crippen LogP contribution in [0.4, 0.5) is 4.39 Å². The van der Waals surface area contributed by atoms with Crippen LogP contribution in [0.1, 0.15) is 5.56 Å². The lowest BCUT2D eigenvalue weighted by atomic mass is 10.0. The summed E-state index contributed by atoms with van der Waals surface area (Å²) in [4.78, 5) is 7.20. The van der Waals surface area contributed by atoms with Gasteiger partial charge in [0, 0.05) is 47.4 Å². The fourth-order valence-electron chi connectivity index (χ4n) is 3.33. The van der Waals surface area contributed by atoms with Crippen molar-refractivity contribution in [3.63, 3.8) is 0 Å². The van der Waals surface area contributed by atoms with Gasteiger partial charge in [0.15, 0.2) is 11.6 Å². The Morgan fingerprint density at radius 1 is 1.42 bits per heavy atom. The van der Waals surface area contributed by atoms with Crippen LogP contribution in [0, 0.1) is 5.82 Å². The smallest absolute Gasteiger partial charge is 0.166 e. The number of hydrogen-bond acceptors (Lipinski definition) is 9. The van der Waals surface area contributed by atoms with Gasteiger partial charge in [-0.25, -0.2) is 9.11 Å². The molecule has 0 radical (unpaired) electrons. The Balaban J connectivity index is 1.60. The number of nitrogens with two attached hydrogens (primary N) is 1. The van der Waals surface area contributed by atoms with Gasteiger partial charge in [-0.1, -0.05) is 11.8 Å². The summed E-state index contributed by atoms with van der Waals surface area (Å²) in [7, 11) is 3.68. The molecule has 0 bridgehead atoms. The molecule has 2 aromatic rings. The maximum atomic E-state index is 14.9. The van der Waals surface area contributed by atoms with Crippen LogP contribution >= 0.6 is 35.0 Å². The van der Waals surface area contributed by atoms with Crippen LogP contribution < -0.4 is 20.5 Å². The fraction of sp³-hybridized carbons (Fsp3) is 0.174. The lowest BCUT2D eigenvalue weighted by Gasteiger charge is -2.29. The van der Waals surface area contributed by atoms with Gasteiger partial charge in [-0.3, -0.25) is 4.99 Å². The van der Waals surface area contributed by atoms with Crippen molar-refractivity contribution in [2.24, 2.45) is 10.7 Å². The highest BCUT2D eigenvalue weighted by atomic mass is 32.2. The molecule has 6 nitrogen and oxygen atoms in total. The van der Waals surface area contributed by atoms with Gasteiger partial charge < -0.3 is 20.7 Å². The minimum absolute atomic E-state index is 0.0611. The molecular formula is C23H24FN5OS3. The van der Waals surface area contributed by atoms with Crippen molar-refractivity contribution in [2.45, 2.75) is 10.4 Å². The Kier molecular flexibility index (Phi) is 7.81. The average Bonchev–Trinajstić information content (AvgIpc) is 3.53. The van der Waals surface area contributed by atoms with Crippen molar-refractivity contribution in [3.8, 4) is 5.75 Å². The molecule has 3 heterocycles. The van der Waals surface area contributed by atoms with Crippen molar-refractivity contribution >= 4 is 46.5 Å². The predicted molar refractivity (Wildman–Crippen MR) is 138 cm³/mol. The summed E-state index contributed by atoms with van der Waals surface area (Å²) in [6.07, 6.45) is 7.04. The number of nitrogens with zero attached hydrogens (tertiary/aromatic N) is 2. The highest BCUT2D eigenvalue weighted by molar-refractivity contribution is 8.04. The Labute approximate surface area is 205 Å². The number of halogens is 1. The first-order chi connectivity index (χ1) is 16.1. The van der Waals surface area contributed by atoms with E-state index in [-0.39, 0.29) is 11.2 Å². The number of thioether (sulfide) groups is 1. The zero-order chi connectivity index (χ0) is 23.2. The molecule has 1 aromatic carbocycles. The Morgan fingerprint density at radius 3 is 2.97 bits per heavy atom. The summed E-state index contributed by atoms with van der Waals surface area (Å²) >= 11 is 4.61. The van der Waals surface area contributed by atoms with Crippen LogP contribution in [-0.4, -0.2) is 36.7 Å². The standard InChI is InChI=1S/C23H24FN5OS3/c1-26-19(5-7-25)17-12-20(15-6-9-31-14-15)29(2)13-22(17)30-21-4-3-16(11-18(21)24)33-28-23-27-8-10-32-23/h3-12,14,23,27-28H,13,25H2,1-2H3. The first-order valence-corrected chi connectivity index (χ1v) is 12.8. The van der Waals surface area contributed by atoms with Crippen LogP contribution in [0.2, 0.25) is 0 Å². The molecule has 0 amide bonds. The number of thiophene rings is 1. The van der Waals surface area contributed by atoms with Crippen LogP contribution in [-0.2, 0) is 0 Å². The van der Waals surface area contributed by atoms with Gasteiger partial charge in [0.1, 0.15) is 11.3 Å². The molecule has 4 N–H and O–H groups in total. The summed E-state index contributed by atoms with van der Waals surface area (Å²) in [6, 6.07) is 7.01. The lowest BCUT2D eigenvalue weighted by Crippen LogP contribution is -2.28. The van der Waals surface area contributed by atoms with E-state index in [4.69, 9.17) is 10.5 Å². The molecule has 10 heteroatoms. The van der Waals surface area contributed by atoms with Crippen molar-refractivity contribution in [1.29, 1.82) is 0 Å². The second-order valence-electron chi connectivity index (χ2n) is 7.10. The molecule has 1 aromatic heterocycles. The van der Waals surface area contributed by atoms with Crippen molar-refractivity contribution in [1.82, 2.24) is 14.9 Å². The number of hydrogen-bond donors (Lipinski definition) is 3. The largest absolute Gasteiger partial charge is 0.456 e. The molecule has 0 saturated carbocycles. The molecule has 0 aliphatic carbocycles. The monoisotopic (exact) mass is 501 g/mol. The molecule has 172 valence electrons. The van der Waals surface area contributed by atoms with Crippen LogP contribution in [0.5, 0.6) is 5.75 Å². The van der Waals surface area contributed by atoms with Crippen molar-refractivity contribution in [2.75, 3.05) is 20.6 Å². The van der Waals surface area contributed by atoms with Crippen molar-refractivity contribution < 1.29 is 9.13 Å². The summed E-state index contributed by atoms with van der Waals surface area (Å²) in [5, 5.41) is 9.24. The minimum Gasteiger partial charge on any atom is -0.456 e. The molecule has 0 saturated heterocycles. The summed E-state index contributed by atoms with van der Waals surface area (Å²) in [6.45, 7) is 0.462. The number of benzene rings is 1. The number of allylic oxidation sites excluding steroid dienone is 3. The Hall–Kier alpha value is -2.66. The number of aliphatic imine (C=N–C) groups is 1. The maximum absolute atomic E-state index is 14.9. The third-order valence-corrected chi connectivity index (χ3v) is 7.41. The Morgan fingerprint density at radius 2 is 2.30 bits per heavy atom. The molecule has 0 spiro atoms. The molecule has 2 aliphatic heterocycles. The van der Waals surface area contributed by atoms with Gasteiger partial charge in [-0.15, -0.1) is 0 Å². The minimum atomic E-state index is -0.432. The number of ether oxygens (including phenoxy) is 1. The molecule has 1 unspecified atom stereocenters. The van der Waals surface area contributed by atoms with E-state index in [0.717, 1.165) is 21.7 Å². The van der Waals surface area contributed by atoms with Gasteiger partial charge in [0.25, 0.3) is 0 Å². The summed E-state index contributed by atoms with van der Waals surface area (Å²) in [5.74, 6) is 0.332. The first kappa shape index (κ1) is 23.5. The van der Waals surface area contributed by atoms with E-state index in [0.29, 0.717) is 18.0 Å². The normalized spacial score (nSPS) is 18.8. The first-order valence-electron chi connectivity index (χ1n) is 10.1. The van der Waals surface area contributed by atoms with Gasteiger partial charge in [-0.2, -0.15) is 11.3 Å². The number of nitrogens with one attached hydrogen (secondary N) is 2. The lowest BCUT2D eigenvalue weighted by molar-refractivity contribution is 0.340. The highest BCUT2D eigenvalue weighted by Crippen LogP contribution is 2.32. The van der Waals surface area contributed by atoms with E-state index in [9.17, 15) is 4.39 Å². The van der Waals surface area contributed by atoms with E-state index in [1.54, 1.807) is 42.3 Å². The average molecular weight is 502 g/mol. The van der Waals surface area contributed by atoms with Gasteiger partial charge >= 0.3 is 0 Å². The van der Waals surface area contributed by atoms with Crippen LogP contribution in [0.15, 0.2) is 86.2 Å².